The Kier molecular flexibility index (Phi) is 3.09. The first kappa shape index (κ1) is 13.2. The van der Waals surface area contributed by atoms with E-state index < -0.39 is 0 Å². The smallest absolute Gasteiger partial charge is 0.342 e. The van der Waals surface area contributed by atoms with Gasteiger partial charge in [-0.25, -0.2) is 4.84 Å². The standard InChI is InChI=1S/C15H19N2O3/c1-10-6-12(7-11(2)15(10)9-20-15)13-4-5-16-8-14(13)17(18)19-3/h4-6,8,10-11H,7,9H2,1-3H3/q+1. The molecule has 0 aromatic carbocycles. The number of epoxide rings is 1. The van der Waals surface area contributed by atoms with Gasteiger partial charge in [0.25, 0.3) is 4.92 Å². The van der Waals surface area contributed by atoms with E-state index in [0.717, 1.165) is 18.6 Å². The zero-order chi connectivity index (χ0) is 14.3. The van der Waals surface area contributed by atoms with E-state index >= 15 is 0 Å². The summed E-state index contributed by atoms with van der Waals surface area (Å²) in [5.74, 6) is 0.797. The molecule has 1 aromatic rings. The Morgan fingerprint density at radius 2 is 2.25 bits per heavy atom. The molecule has 1 aliphatic carbocycles. The summed E-state index contributed by atoms with van der Waals surface area (Å²) in [5, 5.41) is 0. The molecule has 1 fully saturated rings. The minimum Gasteiger partial charge on any atom is -0.369 e. The molecule has 5 nitrogen and oxygen atoms in total. The van der Waals surface area contributed by atoms with Crippen molar-refractivity contribution in [2.45, 2.75) is 25.9 Å². The van der Waals surface area contributed by atoms with Gasteiger partial charge >= 0.3 is 5.69 Å². The van der Waals surface area contributed by atoms with Gasteiger partial charge in [-0.2, -0.15) is 0 Å². The zero-order valence-electron chi connectivity index (χ0n) is 12.0. The van der Waals surface area contributed by atoms with Crippen LogP contribution < -0.4 is 0 Å². The van der Waals surface area contributed by atoms with Gasteiger partial charge in [-0.1, -0.05) is 19.9 Å². The average Bonchev–Trinajstić information content (AvgIpc) is 3.26. The van der Waals surface area contributed by atoms with Gasteiger partial charge in [0.15, 0.2) is 7.11 Å². The van der Waals surface area contributed by atoms with Crippen molar-refractivity contribution in [1.82, 2.24) is 4.98 Å². The van der Waals surface area contributed by atoms with E-state index in [1.807, 2.05) is 6.07 Å². The van der Waals surface area contributed by atoms with E-state index in [1.54, 1.807) is 12.4 Å². The number of pyridine rings is 1. The lowest BCUT2D eigenvalue weighted by molar-refractivity contribution is -0.736. The molecular weight excluding hydrogens is 256 g/mol. The molecule has 3 atom stereocenters. The number of aromatic nitrogens is 1. The van der Waals surface area contributed by atoms with Crippen LogP contribution in [-0.2, 0) is 9.57 Å². The second kappa shape index (κ2) is 4.66. The molecule has 2 heterocycles. The quantitative estimate of drug-likeness (QED) is 0.628. The number of hydrogen-bond donors (Lipinski definition) is 0. The molecule has 1 aliphatic heterocycles. The zero-order valence-corrected chi connectivity index (χ0v) is 12.0. The Labute approximate surface area is 118 Å². The number of rotatable bonds is 3. The highest BCUT2D eigenvalue weighted by atomic mass is 16.8. The van der Waals surface area contributed by atoms with Crippen molar-refractivity contribution in [2.75, 3.05) is 13.7 Å². The number of hydrogen-bond acceptors (Lipinski definition) is 4. The van der Waals surface area contributed by atoms with E-state index in [1.165, 1.54) is 12.7 Å². The van der Waals surface area contributed by atoms with Crippen LogP contribution in [0.1, 0.15) is 25.8 Å². The second-order valence-corrected chi connectivity index (χ2v) is 5.66. The molecule has 1 spiro atoms. The third-order valence-corrected chi connectivity index (χ3v) is 4.57. The summed E-state index contributed by atoms with van der Waals surface area (Å²) < 4.78 is 5.69. The molecule has 3 rings (SSSR count). The van der Waals surface area contributed by atoms with Crippen LogP contribution in [0.15, 0.2) is 24.5 Å². The molecule has 0 N–H and O–H groups in total. The van der Waals surface area contributed by atoms with E-state index in [0.29, 0.717) is 22.4 Å². The van der Waals surface area contributed by atoms with Crippen LogP contribution in [0.2, 0.25) is 0 Å². The highest BCUT2D eigenvalue weighted by Crippen LogP contribution is 2.51. The van der Waals surface area contributed by atoms with Crippen molar-refractivity contribution in [3.8, 4) is 0 Å². The first-order chi connectivity index (χ1) is 9.58. The van der Waals surface area contributed by atoms with E-state index in [2.05, 4.69) is 24.9 Å². The van der Waals surface area contributed by atoms with E-state index in [4.69, 9.17) is 9.57 Å². The molecule has 106 valence electrons. The fraction of sp³-hybridized carbons (Fsp3) is 0.533. The minimum atomic E-state index is 0.0229. The number of ether oxygens (including phenoxy) is 1. The van der Waals surface area contributed by atoms with Gasteiger partial charge in [-0.3, -0.25) is 4.98 Å². The third-order valence-electron chi connectivity index (χ3n) is 4.57. The van der Waals surface area contributed by atoms with Crippen LogP contribution in [-0.4, -0.2) is 29.2 Å². The summed E-state index contributed by atoms with van der Waals surface area (Å²) in [4.78, 5) is 21.1. The van der Waals surface area contributed by atoms with Gasteiger partial charge in [-0.05, 0) is 24.0 Å². The molecule has 5 heteroatoms. The monoisotopic (exact) mass is 275 g/mol. The van der Waals surface area contributed by atoms with Gasteiger partial charge in [0.2, 0.25) is 0 Å². The van der Waals surface area contributed by atoms with Crippen LogP contribution in [0.5, 0.6) is 0 Å². The second-order valence-electron chi connectivity index (χ2n) is 5.66. The molecule has 0 saturated carbocycles. The highest BCUT2D eigenvalue weighted by Gasteiger charge is 2.55. The van der Waals surface area contributed by atoms with Crippen molar-refractivity contribution in [3.05, 3.63) is 35.0 Å². The van der Waals surface area contributed by atoms with Crippen molar-refractivity contribution >= 4 is 11.3 Å². The van der Waals surface area contributed by atoms with E-state index in [9.17, 15) is 4.91 Å². The lowest BCUT2D eigenvalue weighted by atomic mass is 9.73. The molecule has 20 heavy (non-hydrogen) atoms. The maximum atomic E-state index is 11.8. The normalized spacial score (nSPS) is 31.9. The third kappa shape index (κ3) is 1.93. The molecule has 0 amide bonds. The van der Waals surface area contributed by atoms with Crippen LogP contribution in [0.25, 0.3) is 5.57 Å². The SMILES string of the molecule is CO[N+](=O)c1cnccc1C1=CC(C)C2(CO2)C(C)C1. The molecule has 2 aliphatic rings. The Hall–Kier alpha value is -1.75. The predicted molar refractivity (Wildman–Crippen MR) is 74.1 cm³/mol. The molecule has 1 saturated heterocycles. The lowest BCUT2D eigenvalue weighted by Gasteiger charge is -2.31. The Morgan fingerprint density at radius 3 is 2.85 bits per heavy atom. The molecular formula is C15H19N2O3+. The number of nitrogens with zero attached hydrogens (tertiary/aromatic N) is 2. The first-order valence-electron chi connectivity index (χ1n) is 6.89. The van der Waals surface area contributed by atoms with Crippen LogP contribution in [0.4, 0.5) is 5.69 Å². The molecule has 1 aromatic heterocycles. The Bertz CT molecular complexity index is 578. The van der Waals surface area contributed by atoms with Crippen molar-refractivity contribution < 1.29 is 14.5 Å². The van der Waals surface area contributed by atoms with Crippen LogP contribution in [0.3, 0.4) is 0 Å². The molecule has 0 radical (unpaired) electrons. The maximum Gasteiger partial charge on any atom is 0.342 e. The van der Waals surface area contributed by atoms with Gasteiger partial charge < -0.3 is 4.74 Å². The highest BCUT2D eigenvalue weighted by molar-refractivity contribution is 5.73. The Balaban J connectivity index is 2.00. The summed E-state index contributed by atoms with van der Waals surface area (Å²) in [5.41, 5.74) is 2.54. The van der Waals surface area contributed by atoms with Gasteiger partial charge in [0, 0.05) is 12.1 Å². The maximum absolute atomic E-state index is 11.8. The largest absolute Gasteiger partial charge is 0.369 e. The summed E-state index contributed by atoms with van der Waals surface area (Å²) in [6, 6.07) is 1.87. The van der Waals surface area contributed by atoms with Crippen molar-refractivity contribution in [3.63, 3.8) is 0 Å². The van der Waals surface area contributed by atoms with Gasteiger partial charge in [0.05, 0.1) is 17.1 Å². The van der Waals surface area contributed by atoms with Gasteiger partial charge in [-0.15, -0.1) is 0 Å². The summed E-state index contributed by atoms with van der Waals surface area (Å²) in [6.07, 6.45) is 6.37. The summed E-state index contributed by atoms with van der Waals surface area (Å²) in [7, 11) is 1.36. The lowest BCUT2D eigenvalue weighted by Crippen LogP contribution is -2.32. The minimum absolute atomic E-state index is 0.0229. The topological polar surface area (TPSA) is 54.7 Å². The number of allylic oxidation sites excluding steroid dienone is 1. The average molecular weight is 275 g/mol. The molecule has 3 unspecified atom stereocenters. The Morgan fingerprint density at radius 1 is 1.50 bits per heavy atom. The fourth-order valence-electron chi connectivity index (χ4n) is 3.19. The van der Waals surface area contributed by atoms with Crippen molar-refractivity contribution in [1.29, 1.82) is 0 Å². The van der Waals surface area contributed by atoms with Crippen LogP contribution >= 0.6 is 0 Å². The van der Waals surface area contributed by atoms with Crippen LogP contribution in [0, 0.1) is 16.7 Å². The predicted octanol–water partition coefficient (Wildman–Crippen LogP) is 2.88. The van der Waals surface area contributed by atoms with E-state index in [-0.39, 0.29) is 5.60 Å². The van der Waals surface area contributed by atoms with Gasteiger partial charge in [0.1, 0.15) is 11.8 Å². The summed E-state index contributed by atoms with van der Waals surface area (Å²) in [6.45, 7) is 5.23. The summed E-state index contributed by atoms with van der Waals surface area (Å²) >= 11 is 0. The first-order valence-corrected chi connectivity index (χ1v) is 6.89. The molecule has 0 bridgehead atoms. The fourth-order valence-corrected chi connectivity index (χ4v) is 3.19. The van der Waals surface area contributed by atoms with Crippen molar-refractivity contribution in [2.24, 2.45) is 11.8 Å².